The maximum absolute atomic E-state index is 5.18. The van der Waals surface area contributed by atoms with E-state index in [9.17, 15) is 0 Å². The van der Waals surface area contributed by atoms with Crippen molar-refractivity contribution in [1.29, 1.82) is 0 Å². The topological polar surface area (TPSA) is 51.6 Å². The predicted octanol–water partition coefficient (Wildman–Crippen LogP) is 14.5. The Morgan fingerprint density at radius 1 is 0.293 bits per heavy atom. The van der Waals surface area contributed by atoms with E-state index in [1.165, 1.54) is 36.2 Å². The predicted molar refractivity (Wildman–Crippen MR) is 244 cm³/mol. The van der Waals surface area contributed by atoms with Gasteiger partial charge in [0, 0.05) is 42.4 Å². The molecule has 6 heteroatoms. The highest BCUT2D eigenvalue weighted by atomic mass is 32.1. The van der Waals surface area contributed by atoms with Crippen LogP contribution < -0.4 is 0 Å². The Balaban J connectivity index is 0.985. The summed E-state index contributed by atoms with van der Waals surface area (Å²) in [5.41, 5.74) is 12.0. The third-order valence-electron chi connectivity index (χ3n) is 10.6. The molecule has 11 rings (SSSR count). The summed E-state index contributed by atoms with van der Waals surface area (Å²) in [5.74, 6) is 1.94. The largest absolute Gasteiger partial charge is 0.236 e. The molecular weight excluding hydrogens is 745 g/mol. The Kier molecular flexibility index (Phi) is 8.50. The van der Waals surface area contributed by atoms with E-state index in [0.29, 0.717) is 17.5 Å². The number of hydrogen-bond donors (Lipinski definition) is 0. The second-order valence-corrected chi connectivity index (χ2v) is 16.4. The van der Waals surface area contributed by atoms with E-state index in [2.05, 4.69) is 164 Å². The van der Waals surface area contributed by atoms with E-state index in [1.54, 1.807) is 22.7 Å². The molecule has 0 saturated carbocycles. The number of thiazole rings is 1. The standard InChI is InChI=1S/C52H32N4S2/c1-4-11-33(12-5-1)35-19-23-38(24-20-35)50-54-49(37-15-8-3-9-16-37)55-51(56-50)42-17-10-18-47-48(42)43-31-40(27-29-45(43)57-47)41-28-30-46-44(32-41)53-52(58-46)39-25-21-36(22-26-39)34-13-6-2-7-14-34/h1-32H. The second-order valence-electron chi connectivity index (χ2n) is 14.3. The van der Waals surface area contributed by atoms with Crippen molar-refractivity contribution in [2.75, 3.05) is 0 Å². The zero-order valence-electron chi connectivity index (χ0n) is 31.1. The molecule has 0 radical (unpaired) electrons. The van der Waals surface area contributed by atoms with Gasteiger partial charge in [-0.05, 0) is 63.7 Å². The van der Waals surface area contributed by atoms with Crippen LogP contribution in [0.4, 0.5) is 0 Å². The fourth-order valence-corrected chi connectivity index (χ4v) is 9.71. The van der Waals surface area contributed by atoms with E-state index in [1.807, 2.05) is 30.3 Å². The van der Waals surface area contributed by atoms with Gasteiger partial charge in [0.1, 0.15) is 5.01 Å². The van der Waals surface area contributed by atoms with Gasteiger partial charge in [-0.15, -0.1) is 22.7 Å². The number of hydrogen-bond acceptors (Lipinski definition) is 6. The molecule has 58 heavy (non-hydrogen) atoms. The van der Waals surface area contributed by atoms with Gasteiger partial charge in [-0.25, -0.2) is 19.9 Å². The lowest BCUT2D eigenvalue weighted by molar-refractivity contribution is 1.08. The van der Waals surface area contributed by atoms with Crippen LogP contribution in [-0.2, 0) is 0 Å². The normalized spacial score (nSPS) is 11.4. The van der Waals surface area contributed by atoms with Crippen LogP contribution in [0.1, 0.15) is 0 Å². The van der Waals surface area contributed by atoms with Crippen molar-refractivity contribution in [2.45, 2.75) is 0 Å². The first-order valence-electron chi connectivity index (χ1n) is 19.2. The number of benzene rings is 8. The molecule has 0 unspecified atom stereocenters. The third kappa shape index (κ3) is 6.35. The van der Waals surface area contributed by atoms with Crippen LogP contribution in [0.2, 0.25) is 0 Å². The van der Waals surface area contributed by atoms with E-state index in [0.717, 1.165) is 54.9 Å². The van der Waals surface area contributed by atoms with Gasteiger partial charge in [-0.1, -0.05) is 164 Å². The SMILES string of the molecule is c1ccc(-c2ccc(-c3nc(-c4ccccc4)nc(-c4cccc5sc6ccc(-c7ccc8sc(-c9ccc(-c%10ccccc%10)cc9)nc8c7)cc6c45)n3)cc2)cc1. The molecule has 0 spiro atoms. The number of rotatable bonds is 7. The van der Waals surface area contributed by atoms with Crippen LogP contribution in [-0.4, -0.2) is 19.9 Å². The average Bonchev–Trinajstić information content (AvgIpc) is 3.91. The summed E-state index contributed by atoms with van der Waals surface area (Å²) < 4.78 is 3.58. The van der Waals surface area contributed by atoms with Gasteiger partial charge in [-0.3, -0.25) is 0 Å². The van der Waals surface area contributed by atoms with Gasteiger partial charge in [0.15, 0.2) is 17.5 Å². The van der Waals surface area contributed by atoms with Crippen molar-refractivity contribution in [2.24, 2.45) is 0 Å². The summed E-state index contributed by atoms with van der Waals surface area (Å²) in [6.45, 7) is 0. The first-order chi connectivity index (χ1) is 28.7. The highest BCUT2D eigenvalue weighted by Gasteiger charge is 2.18. The molecule has 0 aliphatic carbocycles. The monoisotopic (exact) mass is 776 g/mol. The van der Waals surface area contributed by atoms with Crippen LogP contribution in [0.3, 0.4) is 0 Å². The Bertz CT molecular complexity index is 3250. The molecule has 8 aromatic carbocycles. The summed E-state index contributed by atoms with van der Waals surface area (Å²) in [4.78, 5) is 20.4. The minimum absolute atomic E-state index is 0.642. The first kappa shape index (κ1) is 34.2. The second kappa shape index (κ2) is 14.4. The maximum atomic E-state index is 5.18. The quantitative estimate of drug-likeness (QED) is 0.162. The van der Waals surface area contributed by atoms with Crippen molar-refractivity contribution in [1.82, 2.24) is 19.9 Å². The molecule has 11 aromatic rings. The fourth-order valence-electron chi connectivity index (χ4n) is 7.64. The third-order valence-corrected chi connectivity index (χ3v) is 12.8. The molecule has 0 N–H and O–H groups in total. The van der Waals surface area contributed by atoms with Crippen LogP contribution in [0.25, 0.3) is 109 Å². The maximum Gasteiger partial charge on any atom is 0.164 e. The zero-order chi connectivity index (χ0) is 38.4. The number of nitrogens with zero attached hydrogens (tertiary/aromatic N) is 4. The van der Waals surface area contributed by atoms with Gasteiger partial charge in [0.05, 0.1) is 10.2 Å². The van der Waals surface area contributed by atoms with Gasteiger partial charge >= 0.3 is 0 Å². The molecule has 0 aliphatic rings. The van der Waals surface area contributed by atoms with Crippen molar-refractivity contribution in [3.8, 4) is 78.1 Å². The summed E-state index contributed by atoms with van der Waals surface area (Å²) in [5, 5.41) is 3.35. The Morgan fingerprint density at radius 3 is 1.41 bits per heavy atom. The van der Waals surface area contributed by atoms with Crippen molar-refractivity contribution in [3.63, 3.8) is 0 Å². The molecule has 272 valence electrons. The van der Waals surface area contributed by atoms with Crippen LogP contribution in [0.5, 0.6) is 0 Å². The van der Waals surface area contributed by atoms with Crippen LogP contribution in [0.15, 0.2) is 194 Å². The number of aromatic nitrogens is 4. The van der Waals surface area contributed by atoms with E-state index >= 15 is 0 Å². The van der Waals surface area contributed by atoms with Crippen molar-refractivity contribution >= 4 is 53.1 Å². The molecule has 0 fully saturated rings. The lowest BCUT2D eigenvalue weighted by atomic mass is 10.00. The van der Waals surface area contributed by atoms with Gasteiger partial charge < -0.3 is 0 Å². The smallest absolute Gasteiger partial charge is 0.164 e. The first-order valence-corrected chi connectivity index (χ1v) is 20.8. The van der Waals surface area contributed by atoms with Gasteiger partial charge in [-0.2, -0.15) is 0 Å². The molecule has 0 saturated heterocycles. The number of thiophene rings is 1. The van der Waals surface area contributed by atoms with E-state index < -0.39 is 0 Å². The summed E-state index contributed by atoms with van der Waals surface area (Å²) in [6.07, 6.45) is 0. The minimum Gasteiger partial charge on any atom is -0.236 e. The fraction of sp³-hybridized carbons (Fsp3) is 0. The highest BCUT2D eigenvalue weighted by Crippen LogP contribution is 2.42. The molecule has 0 atom stereocenters. The molecule has 0 aliphatic heterocycles. The number of fused-ring (bicyclic) bond motifs is 4. The average molecular weight is 777 g/mol. The van der Waals surface area contributed by atoms with E-state index in [-0.39, 0.29) is 0 Å². The Morgan fingerprint density at radius 2 is 0.776 bits per heavy atom. The lowest BCUT2D eigenvalue weighted by Gasteiger charge is -2.10. The molecule has 4 nitrogen and oxygen atoms in total. The summed E-state index contributed by atoms with van der Waals surface area (Å²) >= 11 is 3.53. The molecule has 3 aromatic heterocycles. The lowest BCUT2D eigenvalue weighted by Crippen LogP contribution is -2.00. The molecular formula is C52H32N4S2. The highest BCUT2D eigenvalue weighted by molar-refractivity contribution is 7.26. The van der Waals surface area contributed by atoms with E-state index in [4.69, 9.17) is 19.9 Å². The Labute approximate surface area is 343 Å². The van der Waals surface area contributed by atoms with Crippen molar-refractivity contribution in [3.05, 3.63) is 194 Å². The van der Waals surface area contributed by atoms with Crippen LogP contribution >= 0.6 is 22.7 Å². The van der Waals surface area contributed by atoms with Crippen LogP contribution in [0, 0.1) is 0 Å². The van der Waals surface area contributed by atoms with Gasteiger partial charge in [0.2, 0.25) is 0 Å². The Hall–Kier alpha value is -7.12. The molecule has 0 amide bonds. The van der Waals surface area contributed by atoms with Crippen molar-refractivity contribution < 1.29 is 0 Å². The molecule has 0 bridgehead atoms. The summed E-state index contributed by atoms with van der Waals surface area (Å²) in [6, 6.07) is 68.1. The molecule has 3 heterocycles. The summed E-state index contributed by atoms with van der Waals surface area (Å²) in [7, 11) is 0. The zero-order valence-corrected chi connectivity index (χ0v) is 32.7. The minimum atomic E-state index is 0.642. The van der Waals surface area contributed by atoms with Gasteiger partial charge in [0.25, 0.3) is 0 Å².